The van der Waals surface area contributed by atoms with Crippen molar-refractivity contribution in [1.82, 2.24) is 20.9 Å². The minimum absolute atomic E-state index is 0.350. The van der Waals surface area contributed by atoms with E-state index < -0.39 is 44.7 Å². The number of nitrogens with one attached hydrogen (secondary N) is 3. The molecule has 0 spiro atoms. The van der Waals surface area contributed by atoms with E-state index in [9.17, 15) is 14.4 Å². The number of carbonyl (C=O) groups is 3. The van der Waals surface area contributed by atoms with Gasteiger partial charge in [0.15, 0.2) is 0 Å². The van der Waals surface area contributed by atoms with E-state index in [0.717, 1.165) is 0 Å². The Labute approximate surface area is 490 Å². The Morgan fingerprint density at radius 1 is 0.390 bits per heavy atom. The second-order valence-corrected chi connectivity index (χ2v) is 26.0. The summed E-state index contributed by atoms with van der Waals surface area (Å²) in [7, 11) is -8.52. The Kier molecular flexibility index (Phi) is 36.8. The highest BCUT2D eigenvalue weighted by atomic mass is 28.4. The Bertz CT molecular complexity index is 2040. The predicted octanol–water partition coefficient (Wildman–Crippen LogP) is 9.23. The molecular formula is C57H93N7O15Si3. The van der Waals surface area contributed by atoms with Crippen molar-refractivity contribution in [1.29, 1.82) is 0 Å². The van der Waals surface area contributed by atoms with Gasteiger partial charge in [0.1, 0.15) is 17.2 Å². The molecule has 0 atom stereocenters. The number of hydrogen-bond acceptors (Lipinski definition) is 19. The quantitative estimate of drug-likeness (QED) is 0.0271. The van der Waals surface area contributed by atoms with E-state index in [1.807, 2.05) is 98.7 Å². The molecule has 3 N–H and O–H groups in total. The van der Waals surface area contributed by atoms with Crippen LogP contribution in [0.3, 0.4) is 0 Å². The van der Waals surface area contributed by atoms with Crippen LogP contribution in [-0.4, -0.2) is 187 Å². The lowest BCUT2D eigenvalue weighted by Gasteiger charge is -2.28. The SMILES string of the molecule is CCO[Si](CCCNC(=O)Oc1ccccc1C=NCCN(CCN=Cc1ccccc1OC(=O)NCCC[Si](OCC)(OCC)OCC)CCN=Cc1ccccc1OC(=O)NCCC[Si](OCC)(OCC)OCC)(OCC)OCC. The number of rotatable bonds is 45. The van der Waals surface area contributed by atoms with Gasteiger partial charge in [-0.2, -0.15) is 0 Å². The molecule has 0 aromatic heterocycles. The number of para-hydroxylation sites is 3. The van der Waals surface area contributed by atoms with E-state index in [2.05, 4.69) is 20.9 Å². The summed E-state index contributed by atoms with van der Waals surface area (Å²) >= 11 is 0. The summed E-state index contributed by atoms with van der Waals surface area (Å²) in [6.45, 7) is 25.4. The second-order valence-electron chi connectivity index (χ2n) is 17.8. The van der Waals surface area contributed by atoms with E-state index >= 15 is 0 Å². The Balaban J connectivity index is 1.68. The lowest BCUT2D eigenvalue weighted by atomic mass is 10.2. The predicted molar refractivity (Wildman–Crippen MR) is 325 cm³/mol. The molecule has 0 saturated heterocycles. The lowest BCUT2D eigenvalue weighted by Crippen LogP contribution is -2.46. The van der Waals surface area contributed by atoms with E-state index in [4.69, 9.17) is 69.0 Å². The minimum Gasteiger partial charge on any atom is -0.410 e. The van der Waals surface area contributed by atoms with Crippen LogP contribution >= 0.6 is 0 Å². The molecule has 22 nitrogen and oxygen atoms in total. The molecule has 0 fully saturated rings. The monoisotopic (exact) mass is 1200 g/mol. The largest absolute Gasteiger partial charge is 0.500 e. The van der Waals surface area contributed by atoms with Crippen LogP contribution in [0.2, 0.25) is 18.1 Å². The first kappa shape index (κ1) is 71.0. The molecule has 3 aromatic carbocycles. The van der Waals surface area contributed by atoms with Crippen LogP contribution in [0.5, 0.6) is 17.2 Å². The van der Waals surface area contributed by atoms with Gasteiger partial charge in [-0.25, -0.2) is 14.4 Å². The highest BCUT2D eigenvalue weighted by Crippen LogP contribution is 2.22. The third-order valence-electron chi connectivity index (χ3n) is 11.8. The standard InChI is InChI=1S/C57H93N7O15Si3/c1-10-68-80(69-11-2,70-12-3)43-25-34-61-55(65)77-52-31-22-19-28-49(52)46-58-37-40-64(41-38-59-47-50-29-20-23-32-53(50)78-56(66)62-35-26-44-81(71-13-4,72-14-5)73-15-6)42-39-60-48-51-30-21-24-33-54(51)79-57(67)63-36-27-45-82(74-16-7,75-17-8)76-18-9/h19-24,28-33,46-48H,10-18,25-27,34-45H2,1-9H3,(H,61,65)(H,62,66)(H,63,67). The Morgan fingerprint density at radius 3 is 0.854 bits per heavy atom. The van der Waals surface area contributed by atoms with E-state index in [1.54, 1.807) is 55.0 Å². The van der Waals surface area contributed by atoms with Crippen LogP contribution in [0, 0.1) is 0 Å². The summed E-state index contributed by atoms with van der Waals surface area (Å²) in [4.78, 5) is 55.2. The maximum Gasteiger partial charge on any atom is 0.500 e. The summed E-state index contributed by atoms with van der Waals surface area (Å²) in [6, 6.07) is 23.3. The van der Waals surface area contributed by atoms with Gasteiger partial charge >= 0.3 is 44.7 Å². The molecule has 0 bridgehead atoms. The zero-order valence-electron chi connectivity index (χ0n) is 50.0. The number of carbonyl (C=O) groups excluding carboxylic acids is 3. The van der Waals surface area contributed by atoms with Crippen molar-refractivity contribution in [2.75, 3.05) is 118 Å². The molecule has 0 aliphatic rings. The van der Waals surface area contributed by atoms with Crippen molar-refractivity contribution in [3.05, 3.63) is 89.5 Å². The van der Waals surface area contributed by atoms with Gasteiger partial charge in [-0.1, -0.05) is 36.4 Å². The molecule has 3 amide bonds. The average molecular weight is 1200 g/mol. The molecule has 82 heavy (non-hydrogen) atoms. The Hall–Kier alpha value is -5.27. The van der Waals surface area contributed by atoms with Crippen molar-refractivity contribution < 1.29 is 68.4 Å². The van der Waals surface area contributed by atoms with Gasteiger partial charge in [0, 0.05) is 152 Å². The van der Waals surface area contributed by atoms with Crippen LogP contribution in [0.4, 0.5) is 14.4 Å². The van der Waals surface area contributed by atoms with Crippen molar-refractivity contribution >= 4 is 63.3 Å². The highest BCUT2D eigenvalue weighted by molar-refractivity contribution is 6.61. The smallest absolute Gasteiger partial charge is 0.410 e. The molecule has 0 radical (unpaired) electrons. The highest BCUT2D eigenvalue weighted by Gasteiger charge is 2.41. The number of nitrogens with zero attached hydrogens (tertiary/aromatic N) is 4. The van der Waals surface area contributed by atoms with Crippen molar-refractivity contribution in [2.45, 2.75) is 99.7 Å². The van der Waals surface area contributed by atoms with Crippen LogP contribution in [0.15, 0.2) is 87.8 Å². The fourth-order valence-electron chi connectivity index (χ4n) is 8.36. The maximum absolute atomic E-state index is 12.9. The van der Waals surface area contributed by atoms with E-state index in [1.165, 1.54) is 0 Å². The molecule has 0 unspecified atom stereocenters. The van der Waals surface area contributed by atoms with Crippen LogP contribution < -0.4 is 30.2 Å². The molecule has 25 heteroatoms. The number of aliphatic imine (C=N–C) groups is 3. The van der Waals surface area contributed by atoms with E-state index in [0.29, 0.717) is 190 Å². The third-order valence-corrected chi connectivity index (χ3v) is 21.2. The number of hydrogen-bond donors (Lipinski definition) is 3. The zero-order chi connectivity index (χ0) is 59.6. The fourth-order valence-corrected chi connectivity index (χ4v) is 16.2. The first-order valence-corrected chi connectivity index (χ1v) is 34.8. The normalized spacial score (nSPS) is 12.2. The number of amides is 3. The first-order valence-electron chi connectivity index (χ1n) is 29.0. The van der Waals surface area contributed by atoms with Crippen LogP contribution in [-0.2, 0) is 39.8 Å². The van der Waals surface area contributed by atoms with Crippen LogP contribution in [0.25, 0.3) is 0 Å². The van der Waals surface area contributed by atoms with Gasteiger partial charge in [-0.15, -0.1) is 0 Å². The summed E-state index contributed by atoms with van der Waals surface area (Å²) in [6.07, 6.45) is 5.09. The van der Waals surface area contributed by atoms with Crippen molar-refractivity contribution in [3.63, 3.8) is 0 Å². The van der Waals surface area contributed by atoms with Crippen molar-refractivity contribution in [3.8, 4) is 17.2 Å². The van der Waals surface area contributed by atoms with Crippen LogP contribution in [0.1, 0.15) is 98.3 Å². The molecule has 458 valence electrons. The average Bonchev–Trinajstić information content (AvgIpc) is 3.47. The molecule has 0 saturated carbocycles. The fraction of sp³-hybridized carbons (Fsp3) is 0.579. The minimum atomic E-state index is -2.84. The van der Waals surface area contributed by atoms with Crippen molar-refractivity contribution in [2.24, 2.45) is 15.0 Å². The maximum atomic E-state index is 12.9. The summed E-state index contributed by atoms with van der Waals surface area (Å²) < 4.78 is 70.6. The second kappa shape index (κ2) is 42.5. The molecule has 0 aliphatic heterocycles. The van der Waals surface area contributed by atoms with E-state index in [-0.39, 0.29) is 0 Å². The van der Waals surface area contributed by atoms with Gasteiger partial charge < -0.3 is 70.0 Å². The van der Waals surface area contributed by atoms with Gasteiger partial charge in [0.2, 0.25) is 0 Å². The number of ether oxygens (including phenoxy) is 3. The summed E-state index contributed by atoms with van der Waals surface area (Å²) in [5, 5.41) is 8.49. The molecular weight excluding hydrogens is 1110 g/mol. The molecule has 0 aliphatic carbocycles. The summed E-state index contributed by atoms with van der Waals surface area (Å²) in [5.41, 5.74) is 1.92. The summed E-state index contributed by atoms with van der Waals surface area (Å²) in [5.74, 6) is 1.10. The molecule has 0 heterocycles. The number of benzene rings is 3. The molecule has 3 rings (SSSR count). The van der Waals surface area contributed by atoms with Gasteiger partial charge in [-0.3, -0.25) is 19.9 Å². The Morgan fingerprint density at radius 2 is 0.622 bits per heavy atom. The van der Waals surface area contributed by atoms with Gasteiger partial charge in [-0.05, 0) is 118 Å². The van der Waals surface area contributed by atoms with Gasteiger partial charge in [0.25, 0.3) is 0 Å². The third kappa shape index (κ3) is 27.9. The first-order chi connectivity index (χ1) is 39.9. The lowest BCUT2D eigenvalue weighted by molar-refractivity contribution is 0.0700. The molecule has 3 aromatic rings. The topological polar surface area (TPSA) is 238 Å². The van der Waals surface area contributed by atoms with Gasteiger partial charge in [0.05, 0.1) is 19.6 Å². The zero-order valence-corrected chi connectivity index (χ0v) is 53.0.